The number of nitrogens with zero attached hydrogens (tertiary/aromatic N) is 3. The summed E-state index contributed by atoms with van der Waals surface area (Å²) in [7, 11) is 0. The van der Waals surface area contributed by atoms with E-state index in [-0.39, 0.29) is 6.42 Å². The van der Waals surface area contributed by atoms with Gasteiger partial charge in [-0.05, 0) is 62.4 Å². The van der Waals surface area contributed by atoms with Crippen molar-refractivity contribution in [2.45, 2.75) is 46.5 Å². The predicted molar refractivity (Wildman–Crippen MR) is 97.8 cm³/mol. The molecule has 0 atom stereocenters. The topological polar surface area (TPSA) is 67.5 Å². The van der Waals surface area contributed by atoms with Gasteiger partial charge in [-0.3, -0.25) is 9.78 Å². The van der Waals surface area contributed by atoms with Crippen molar-refractivity contribution < 1.29 is 9.90 Å². The number of hydrogen-bond acceptors (Lipinski definition) is 3. The molecule has 0 saturated heterocycles. The van der Waals surface area contributed by atoms with Crippen molar-refractivity contribution in [3.8, 4) is 11.1 Å². The number of pyridine rings is 1. The van der Waals surface area contributed by atoms with Gasteiger partial charge in [0.2, 0.25) is 0 Å². The van der Waals surface area contributed by atoms with Gasteiger partial charge >= 0.3 is 5.97 Å². The lowest BCUT2D eigenvalue weighted by Crippen LogP contribution is -2.07. The van der Waals surface area contributed by atoms with Crippen LogP contribution in [-0.4, -0.2) is 25.7 Å². The van der Waals surface area contributed by atoms with Crippen LogP contribution in [-0.2, 0) is 17.6 Å². The third-order valence-corrected chi connectivity index (χ3v) is 4.52. The van der Waals surface area contributed by atoms with Gasteiger partial charge in [0.15, 0.2) is 0 Å². The van der Waals surface area contributed by atoms with Crippen LogP contribution in [0, 0.1) is 13.8 Å². The summed E-state index contributed by atoms with van der Waals surface area (Å²) < 4.78 is 2.01. The fourth-order valence-electron chi connectivity index (χ4n) is 3.33. The van der Waals surface area contributed by atoms with Crippen molar-refractivity contribution in [3.63, 3.8) is 0 Å². The van der Waals surface area contributed by atoms with Crippen molar-refractivity contribution >= 4 is 11.5 Å². The van der Waals surface area contributed by atoms with Crippen LogP contribution in [0.3, 0.4) is 0 Å². The molecule has 3 heterocycles. The summed E-state index contributed by atoms with van der Waals surface area (Å²) in [6.07, 6.45) is 6.08. The number of aryl methyl sites for hydroxylation is 3. The average molecular weight is 337 g/mol. The summed E-state index contributed by atoms with van der Waals surface area (Å²) in [6.45, 7) is 6.15. The Labute approximate surface area is 147 Å². The zero-order valence-electron chi connectivity index (χ0n) is 14.9. The molecule has 0 saturated carbocycles. The Morgan fingerprint density at radius 3 is 2.72 bits per heavy atom. The SMILES string of the molecule is CCc1ccc2c(-c3cncc(C)c3)c(CCCC(=O)O)c(C)nn12. The summed E-state index contributed by atoms with van der Waals surface area (Å²) in [5, 5.41) is 13.7. The zero-order valence-corrected chi connectivity index (χ0v) is 14.9. The standard InChI is InChI=1S/C20H23N3O2/c1-4-16-8-9-18-20(15-10-13(2)11-21-12-15)17(6-5-7-19(24)25)14(3)22-23(16)18/h8-12H,4-7H2,1-3H3,(H,24,25). The Morgan fingerprint density at radius 1 is 1.24 bits per heavy atom. The van der Waals surface area contributed by atoms with Crippen molar-refractivity contribution in [1.29, 1.82) is 0 Å². The number of fused-ring (bicyclic) bond motifs is 1. The molecule has 130 valence electrons. The smallest absolute Gasteiger partial charge is 0.303 e. The van der Waals surface area contributed by atoms with Gasteiger partial charge < -0.3 is 5.11 Å². The van der Waals surface area contributed by atoms with E-state index in [1.807, 2.05) is 30.8 Å². The van der Waals surface area contributed by atoms with Crippen molar-refractivity contribution in [1.82, 2.24) is 14.6 Å². The lowest BCUT2D eigenvalue weighted by atomic mass is 9.95. The second-order valence-corrected chi connectivity index (χ2v) is 6.41. The predicted octanol–water partition coefficient (Wildman–Crippen LogP) is 3.98. The number of carboxylic acid groups (broad SMARTS) is 1. The Hall–Kier alpha value is -2.69. The van der Waals surface area contributed by atoms with Gasteiger partial charge in [0.1, 0.15) is 0 Å². The van der Waals surface area contributed by atoms with Crippen LogP contribution in [0.2, 0.25) is 0 Å². The first-order chi connectivity index (χ1) is 12.0. The Morgan fingerprint density at radius 2 is 2.04 bits per heavy atom. The van der Waals surface area contributed by atoms with E-state index in [9.17, 15) is 4.79 Å². The third-order valence-electron chi connectivity index (χ3n) is 4.52. The molecule has 1 N–H and O–H groups in total. The largest absolute Gasteiger partial charge is 0.481 e. The van der Waals surface area contributed by atoms with Crippen LogP contribution in [0.1, 0.15) is 42.3 Å². The Balaban J connectivity index is 2.20. The second-order valence-electron chi connectivity index (χ2n) is 6.41. The van der Waals surface area contributed by atoms with E-state index in [1.165, 1.54) is 0 Å². The van der Waals surface area contributed by atoms with Crippen LogP contribution in [0.15, 0.2) is 30.6 Å². The highest BCUT2D eigenvalue weighted by Gasteiger charge is 2.17. The number of carbonyl (C=O) groups is 1. The molecule has 0 unspecified atom stereocenters. The Bertz CT molecular complexity index is 928. The summed E-state index contributed by atoms with van der Waals surface area (Å²) >= 11 is 0. The van der Waals surface area contributed by atoms with Gasteiger partial charge in [-0.1, -0.05) is 6.92 Å². The van der Waals surface area contributed by atoms with Gasteiger partial charge in [0, 0.05) is 35.6 Å². The second kappa shape index (κ2) is 7.05. The van der Waals surface area contributed by atoms with Crippen molar-refractivity contribution in [3.05, 3.63) is 53.1 Å². The fourth-order valence-corrected chi connectivity index (χ4v) is 3.33. The minimum absolute atomic E-state index is 0.164. The molecule has 0 aliphatic rings. The molecule has 0 aliphatic carbocycles. The van der Waals surface area contributed by atoms with E-state index in [1.54, 1.807) is 0 Å². The molecule has 0 bridgehead atoms. The monoisotopic (exact) mass is 337 g/mol. The van der Waals surface area contributed by atoms with E-state index < -0.39 is 5.97 Å². The van der Waals surface area contributed by atoms with E-state index >= 15 is 0 Å². The van der Waals surface area contributed by atoms with E-state index in [0.29, 0.717) is 12.8 Å². The maximum absolute atomic E-state index is 10.9. The van der Waals surface area contributed by atoms with Crippen LogP contribution in [0.4, 0.5) is 0 Å². The molecule has 0 aromatic carbocycles. The number of hydrogen-bond donors (Lipinski definition) is 1. The number of aliphatic carboxylic acids is 1. The first-order valence-corrected chi connectivity index (χ1v) is 8.65. The highest BCUT2D eigenvalue weighted by atomic mass is 16.4. The molecule has 25 heavy (non-hydrogen) atoms. The van der Waals surface area contributed by atoms with Crippen LogP contribution in [0.25, 0.3) is 16.6 Å². The maximum atomic E-state index is 10.9. The van der Waals surface area contributed by atoms with E-state index in [0.717, 1.165) is 45.6 Å². The molecular weight excluding hydrogens is 314 g/mol. The fraction of sp³-hybridized carbons (Fsp3) is 0.350. The summed E-state index contributed by atoms with van der Waals surface area (Å²) in [5.74, 6) is -0.763. The molecule has 3 aromatic heterocycles. The van der Waals surface area contributed by atoms with Crippen molar-refractivity contribution in [2.24, 2.45) is 0 Å². The quantitative estimate of drug-likeness (QED) is 0.739. The molecule has 0 amide bonds. The molecule has 3 aromatic rings. The lowest BCUT2D eigenvalue weighted by Gasteiger charge is -2.15. The Kier molecular flexibility index (Phi) is 4.83. The van der Waals surface area contributed by atoms with Gasteiger partial charge in [-0.25, -0.2) is 4.52 Å². The minimum Gasteiger partial charge on any atom is -0.481 e. The summed E-state index contributed by atoms with van der Waals surface area (Å²) in [6, 6.07) is 6.33. The molecule has 0 spiro atoms. The third kappa shape index (κ3) is 3.40. The summed E-state index contributed by atoms with van der Waals surface area (Å²) in [5.41, 5.74) is 7.55. The number of rotatable bonds is 6. The molecule has 3 rings (SSSR count). The molecule has 0 fully saturated rings. The average Bonchev–Trinajstić information content (AvgIpc) is 2.97. The van der Waals surface area contributed by atoms with Gasteiger partial charge in [-0.15, -0.1) is 0 Å². The van der Waals surface area contributed by atoms with Crippen LogP contribution < -0.4 is 0 Å². The first kappa shape index (κ1) is 17.1. The van der Waals surface area contributed by atoms with Crippen LogP contribution in [0.5, 0.6) is 0 Å². The minimum atomic E-state index is -0.763. The van der Waals surface area contributed by atoms with Gasteiger partial charge in [0.25, 0.3) is 0 Å². The highest BCUT2D eigenvalue weighted by Crippen LogP contribution is 2.32. The highest BCUT2D eigenvalue weighted by molar-refractivity contribution is 5.83. The molecule has 0 aliphatic heterocycles. The molecule has 0 radical (unpaired) electrons. The first-order valence-electron chi connectivity index (χ1n) is 8.65. The van der Waals surface area contributed by atoms with E-state index in [2.05, 4.69) is 30.1 Å². The zero-order chi connectivity index (χ0) is 18.0. The number of carboxylic acids is 1. The number of aromatic nitrogens is 3. The maximum Gasteiger partial charge on any atom is 0.303 e. The molecule has 5 nitrogen and oxygen atoms in total. The molecule has 5 heteroatoms. The van der Waals surface area contributed by atoms with Crippen LogP contribution >= 0.6 is 0 Å². The van der Waals surface area contributed by atoms with E-state index in [4.69, 9.17) is 10.2 Å². The van der Waals surface area contributed by atoms with Crippen molar-refractivity contribution in [2.75, 3.05) is 0 Å². The lowest BCUT2D eigenvalue weighted by molar-refractivity contribution is -0.137. The normalized spacial score (nSPS) is 11.2. The van der Waals surface area contributed by atoms with Gasteiger partial charge in [0.05, 0.1) is 11.2 Å². The summed E-state index contributed by atoms with van der Waals surface area (Å²) in [4.78, 5) is 15.2. The van der Waals surface area contributed by atoms with Gasteiger partial charge in [-0.2, -0.15) is 5.10 Å². The molecular formula is C20H23N3O2.